The molecule has 0 spiro atoms. The third-order valence-corrected chi connectivity index (χ3v) is 2.11. The van der Waals surface area contributed by atoms with Gasteiger partial charge in [-0.05, 0) is 12.1 Å². The zero-order valence-corrected chi connectivity index (χ0v) is 8.87. The van der Waals surface area contributed by atoms with Crippen LogP contribution in [-0.4, -0.2) is 17.3 Å². The number of anilines is 2. The number of halogens is 3. The molecule has 1 aromatic carbocycles. The second-order valence-corrected chi connectivity index (χ2v) is 3.31. The Morgan fingerprint density at radius 1 is 1.53 bits per heavy atom. The van der Waals surface area contributed by atoms with Gasteiger partial charge in [0.05, 0.1) is 10.6 Å². The molecule has 92 valence electrons. The predicted octanol–water partition coefficient (Wildman–Crippen LogP) is 2.03. The number of rotatable bonds is 3. The lowest BCUT2D eigenvalue weighted by molar-refractivity contribution is -0.383. The molecule has 1 rings (SSSR count). The topological polar surface area (TPSA) is 98.3 Å². The van der Waals surface area contributed by atoms with Crippen LogP contribution in [0.2, 0.25) is 5.02 Å². The number of nitrogen functional groups attached to an aromatic ring is 1. The standard InChI is InChI=1S/C8H6ClF2N3O3/c9-3-1-2-4(13-8(15)7(10)11)5(12)6(3)14(16)17/h1-2,7H,12H2,(H,13,15). The number of nitrogens with two attached hydrogens (primary N) is 1. The van der Waals surface area contributed by atoms with E-state index < -0.39 is 28.6 Å². The van der Waals surface area contributed by atoms with Crippen molar-refractivity contribution in [1.82, 2.24) is 0 Å². The lowest BCUT2D eigenvalue weighted by atomic mass is 10.2. The minimum absolute atomic E-state index is 0.248. The van der Waals surface area contributed by atoms with Crippen molar-refractivity contribution in [2.24, 2.45) is 0 Å². The van der Waals surface area contributed by atoms with Crippen LogP contribution in [0.15, 0.2) is 12.1 Å². The van der Waals surface area contributed by atoms with E-state index in [1.54, 1.807) is 5.32 Å². The molecule has 1 aromatic rings. The molecule has 0 saturated carbocycles. The van der Waals surface area contributed by atoms with E-state index in [9.17, 15) is 23.7 Å². The first-order valence-corrected chi connectivity index (χ1v) is 4.53. The molecule has 0 aliphatic rings. The summed E-state index contributed by atoms with van der Waals surface area (Å²) in [6, 6.07) is 2.18. The highest BCUT2D eigenvalue weighted by molar-refractivity contribution is 6.33. The van der Waals surface area contributed by atoms with Crippen LogP contribution >= 0.6 is 11.6 Å². The molecule has 1 amide bonds. The quantitative estimate of drug-likeness (QED) is 0.496. The Balaban J connectivity index is 3.15. The largest absolute Gasteiger partial charge is 0.391 e. The molecule has 0 atom stereocenters. The van der Waals surface area contributed by atoms with Gasteiger partial charge in [-0.1, -0.05) is 11.6 Å². The summed E-state index contributed by atoms with van der Waals surface area (Å²) in [5.41, 5.74) is 3.95. The second kappa shape index (κ2) is 4.91. The van der Waals surface area contributed by atoms with Gasteiger partial charge in [0.2, 0.25) is 0 Å². The van der Waals surface area contributed by atoms with Crippen LogP contribution in [-0.2, 0) is 4.79 Å². The lowest BCUT2D eigenvalue weighted by Crippen LogP contribution is -2.21. The van der Waals surface area contributed by atoms with Gasteiger partial charge < -0.3 is 11.1 Å². The van der Waals surface area contributed by atoms with Gasteiger partial charge in [0.25, 0.3) is 5.91 Å². The molecule has 3 N–H and O–H groups in total. The Labute approximate surface area is 98.5 Å². The Bertz CT molecular complexity index is 481. The van der Waals surface area contributed by atoms with Gasteiger partial charge in [0.1, 0.15) is 10.7 Å². The van der Waals surface area contributed by atoms with Crippen LogP contribution in [0.25, 0.3) is 0 Å². The van der Waals surface area contributed by atoms with Crippen molar-refractivity contribution in [3.8, 4) is 0 Å². The average molecular weight is 266 g/mol. The van der Waals surface area contributed by atoms with Crippen LogP contribution in [0.3, 0.4) is 0 Å². The number of carbonyl (C=O) groups is 1. The number of alkyl halides is 2. The number of nitrogens with one attached hydrogen (secondary N) is 1. The SMILES string of the molecule is Nc1c(NC(=O)C(F)F)ccc(Cl)c1[N+](=O)[O-]. The van der Waals surface area contributed by atoms with Gasteiger partial charge in [-0.15, -0.1) is 0 Å². The summed E-state index contributed by atoms with van der Waals surface area (Å²) < 4.78 is 23.9. The zero-order chi connectivity index (χ0) is 13.2. The Kier molecular flexibility index (Phi) is 3.79. The Morgan fingerprint density at radius 3 is 2.59 bits per heavy atom. The predicted molar refractivity (Wildman–Crippen MR) is 57.2 cm³/mol. The highest BCUT2D eigenvalue weighted by Crippen LogP contribution is 2.36. The van der Waals surface area contributed by atoms with E-state index in [0.717, 1.165) is 12.1 Å². The molecule has 0 fully saturated rings. The van der Waals surface area contributed by atoms with Gasteiger partial charge in [0, 0.05) is 0 Å². The van der Waals surface area contributed by atoms with Crippen molar-refractivity contribution in [3.05, 3.63) is 27.3 Å². The van der Waals surface area contributed by atoms with Crippen molar-refractivity contribution in [3.63, 3.8) is 0 Å². The first-order chi connectivity index (χ1) is 7.84. The zero-order valence-electron chi connectivity index (χ0n) is 8.12. The number of carbonyl (C=O) groups excluding carboxylic acids is 1. The summed E-state index contributed by atoms with van der Waals surface area (Å²) >= 11 is 5.51. The fraction of sp³-hybridized carbons (Fsp3) is 0.125. The number of nitro groups is 1. The lowest BCUT2D eigenvalue weighted by Gasteiger charge is -2.08. The van der Waals surface area contributed by atoms with E-state index in [1.165, 1.54) is 0 Å². The minimum Gasteiger partial charge on any atom is -0.391 e. The van der Waals surface area contributed by atoms with Crippen molar-refractivity contribution < 1.29 is 18.5 Å². The molecule has 0 aliphatic carbocycles. The molecule has 6 nitrogen and oxygen atoms in total. The van der Waals surface area contributed by atoms with Crippen molar-refractivity contribution in [1.29, 1.82) is 0 Å². The summed E-state index contributed by atoms with van der Waals surface area (Å²) in [6.07, 6.45) is -3.25. The summed E-state index contributed by atoms with van der Waals surface area (Å²) in [4.78, 5) is 20.4. The Hall–Kier alpha value is -1.96. The molecular formula is C8H6ClF2N3O3. The van der Waals surface area contributed by atoms with E-state index in [0.29, 0.717) is 0 Å². The van der Waals surface area contributed by atoms with Crippen molar-refractivity contribution in [2.75, 3.05) is 11.1 Å². The summed E-state index contributed by atoms with van der Waals surface area (Å²) in [5, 5.41) is 12.1. The van der Waals surface area contributed by atoms with Gasteiger partial charge in [0.15, 0.2) is 0 Å². The maximum atomic E-state index is 12.0. The van der Waals surface area contributed by atoms with Crippen molar-refractivity contribution >= 4 is 34.6 Å². The maximum absolute atomic E-state index is 12.0. The van der Waals surface area contributed by atoms with Gasteiger partial charge >= 0.3 is 12.1 Å². The van der Waals surface area contributed by atoms with E-state index in [1.807, 2.05) is 0 Å². The number of amides is 1. The average Bonchev–Trinajstić information content (AvgIpc) is 2.21. The van der Waals surface area contributed by atoms with E-state index in [4.69, 9.17) is 17.3 Å². The fourth-order valence-electron chi connectivity index (χ4n) is 1.06. The maximum Gasteiger partial charge on any atom is 0.315 e. The molecule has 0 aliphatic heterocycles. The number of nitro benzene ring substituents is 1. The highest BCUT2D eigenvalue weighted by Gasteiger charge is 2.23. The summed E-state index contributed by atoms with van der Waals surface area (Å²) in [5.74, 6) is -1.60. The molecule has 9 heteroatoms. The van der Waals surface area contributed by atoms with E-state index >= 15 is 0 Å². The van der Waals surface area contributed by atoms with Crippen LogP contribution < -0.4 is 11.1 Å². The van der Waals surface area contributed by atoms with Gasteiger partial charge in [-0.3, -0.25) is 14.9 Å². The van der Waals surface area contributed by atoms with Crippen LogP contribution in [0.5, 0.6) is 0 Å². The molecule has 0 heterocycles. The van der Waals surface area contributed by atoms with Crippen LogP contribution in [0.1, 0.15) is 0 Å². The summed E-state index contributed by atoms with van der Waals surface area (Å²) in [6.45, 7) is 0. The number of benzene rings is 1. The molecule has 0 saturated heterocycles. The van der Waals surface area contributed by atoms with E-state index in [-0.39, 0.29) is 10.7 Å². The fourth-order valence-corrected chi connectivity index (χ4v) is 1.30. The van der Waals surface area contributed by atoms with Crippen LogP contribution in [0, 0.1) is 10.1 Å². The molecule has 0 unspecified atom stereocenters. The monoisotopic (exact) mass is 265 g/mol. The first-order valence-electron chi connectivity index (χ1n) is 4.16. The third kappa shape index (κ3) is 2.78. The number of hydrogen-bond acceptors (Lipinski definition) is 4. The second-order valence-electron chi connectivity index (χ2n) is 2.90. The Morgan fingerprint density at radius 2 is 2.12 bits per heavy atom. The molecule has 17 heavy (non-hydrogen) atoms. The summed E-state index contributed by atoms with van der Waals surface area (Å²) in [7, 11) is 0. The van der Waals surface area contributed by atoms with E-state index in [2.05, 4.69) is 0 Å². The highest BCUT2D eigenvalue weighted by atomic mass is 35.5. The number of hydrogen-bond donors (Lipinski definition) is 2. The molecular weight excluding hydrogens is 260 g/mol. The van der Waals surface area contributed by atoms with Crippen LogP contribution in [0.4, 0.5) is 25.8 Å². The smallest absolute Gasteiger partial charge is 0.315 e. The minimum atomic E-state index is -3.25. The van der Waals surface area contributed by atoms with Crippen molar-refractivity contribution in [2.45, 2.75) is 6.43 Å². The molecule has 0 bridgehead atoms. The van der Waals surface area contributed by atoms with Gasteiger partial charge in [-0.25, -0.2) is 0 Å². The van der Waals surface area contributed by atoms with Gasteiger partial charge in [-0.2, -0.15) is 8.78 Å². The molecule has 0 radical (unpaired) electrons. The first kappa shape index (κ1) is 13.1. The number of nitrogens with zero attached hydrogens (tertiary/aromatic N) is 1. The normalized spacial score (nSPS) is 10.4. The molecule has 0 aromatic heterocycles. The third-order valence-electron chi connectivity index (χ3n) is 1.81.